The fourth-order valence-electron chi connectivity index (χ4n) is 1.30. The number of anilines is 1. The average Bonchev–Trinajstić information content (AvgIpc) is 2.71. The van der Waals surface area contributed by atoms with Crippen LogP contribution in [0.5, 0.6) is 5.75 Å². The van der Waals surface area contributed by atoms with Crippen LogP contribution >= 0.6 is 0 Å². The Bertz CT molecular complexity index is 545. The summed E-state index contributed by atoms with van der Waals surface area (Å²) in [6.45, 7) is 1.76. The van der Waals surface area contributed by atoms with Crippen LogP contribution in [-0.4, -0.2) is 28.2 Å². The first kappa shape index (κ1) is 11.9. The number of hydrogen-bond acceptors (Lipinski definition) is 6. The van der Waals surface area contributed by atoms with Gasteiger partial charge in [-0.2, -0.15) is 5.10 Å². The van der Waals surface area contributed by atoms with Crippen molar-refractivity contribution < 1.29 is 4.74 Å². The van der Waals surface area contributed by atoms with Gasteiger partial charge in [0.05, 0.1) is 13.3 Å². The van der Waals surface area contributed by atoms with Crippen molar-refractivity contribution in [2.24, 2.45) is 5.10 Å². The van der Waals surface area contributed by atoms with Gasteiger partial charge in [0.2, 0.25) is 0 Å². The highest BCUT2D eigenvalue weighted by Gasteiger charge is 2.02. The molecule has 0 aliphatic rings. The van der Waals surface area contributed by atoms with Gasteiger partial charge in [-0.3, -0.25) is 0 Å². The number of hydrogen-bond donors (Lipinski definition) is 2. The smallest absolute Gasteiger partial charge is 0.263 e. The molecule has 0 aliphatic heterocycles. The van der Waals surface area contributed by atoms with E-state index in [0.717, 1.165) is 11.3 Å². The van der Waals surface area contributed by atoms with Crippen molar-refractivity contribution in [1.82, 2.24) is 14.9 Å². The molecule has 0 saturated carbocycles. The Kier molecular flexibility index (Phi) is 3.42. The van der Waals surface area contributed by atoms with Gasteiger partial charge in [-0.1, -0.05) is 0 Å². The molecule has 3 N–H and O–H groups in total. The van der Waals surface area contributed by atoms with Gasteiger partial charge in [-0.05, 0) is 36.8 Å². The zero-order chi connectivity index (χ0) is 13.0. The summed E-state index contributed by atoms with van der Waals surface area (Å²) in [5.41, 5.74) is 3.65. The first-order chi connectivity index (χ1) is 8.70. The van der Waals surface area contributed by atoms with Crippen LogP contribution in [0.2, 0.25) is 0 Å². The van der Waals surface area contributed by atoms with E-state index in [-0.39, 0.29) is 0 Å². The molecule has 0 saturated heterocycles. The number of nitrogens with two attached hydrogens (primary N) is 1. The third-order valence-corrected chi connectivity index (χ3v) is 2.36. The summed E-state index contributed by atoms with van der Waals surface area (Å²) in [5.74, 6) is 7.46. The molecule has 2 aromatic rings. The van der Waals surface area contributed by atoms with E-state index in [2.05, 4.69) is 20.7 Å². The third-order valence-electron chi connectivity index (χ3n) is 2.36. The normalized spacial score (nSPS) is 10.8. The molecule has 7 heteroatoms. The van der Waals surface area contributed by atoms with Gasteiger partial charge in [0.15, 0.2) is 5.82 Å². The van der Waals surface area contributed by atoms with Crippen LogP contribution < -0.4 is 16.0 Å². The molecule has 18 heavy (non-hydrogen) atoms. The summed E-state index contributed by atoms with van der Waals surface area (Å²) in [4.78, 5) is 0. The summed E-state index contributed by atoms with van der Waals surface area (Å²) >= 11 is 0. The van der Waals surface area contributed by atoms with Gasteiger partial charge in [0, 0.05) is 0 Å². The second kappa shape index (κ2) is 5.17. The number of ether oxygens (including phenoxy) is 1. The van der Waals surface area contributed by atoms with Crippen LogP contribution in [0.1, 0.15) is 11.4 Å². The lowest BCUT2D eigenvalue weighted by atomic mass is 10.2. The molecule has 0 radical (unpaired) electrons. The molecule has 0 unspecified atom stereocenters. The van der Waals surface area contributed by atoms with Crippen molar-refractivity contribution >= 4 is 12.2 Å². The first-order valence-corrected chi connectivity index (χ1v) is 5.31. The molecule has 7 nitrogen and oxygen atoms in total. The number of methoxy groups -OCH3 is 1. The van der Waals surface area contributed by atoms with Crippen molar-refractivity contribution in [3.05, 3.63) is 35.7 Å². The highest BCUT2D eigenvalue weighted by atomic mass is 16.5. The molecule has 0 bridgehead atoms. The maximum Gasteiger partial charge on any atom is 0.263 e. The highest BCUT2D eigenvalue weighted by Crippen LogP contribution is 2.09. The van der Waals surface area contributed by atoms with Crippen molar-refractivity contribution in [3.63, 3.8) is 0 Å². The van der Waals surface area contributed by atoms with Crippen molar-refractivity contribution in [1.29, 1.82) is 0 Å². The lowest BCUT2D eigenvalue weighted by Gasteiger charge is -2.00. The molecule has 0 amide bonds. The van der Waals surface area contributed by atoms with E-state index in [1.165, 1.54) is 4.68 Å². The zero-order valence-corrected chi connectivity index (χ0v) is 10.2. The molecular weight excluding hydrogens is 232 g/mol. The van der Waals surface area contributed by atoms with Gasteiger partial charge in [-0.15, -0.1) is 10.2 Å². The quantitative estimate of drug-likeness (QED) is 0.472. The van der Waals surface area contributed by atoms with E-state index in [9.17, 15) is 0 Å². The topological polar surface area (TPSA) is 90.3 Å². The van der Waals surface area contributed by atoms with E-state index in [1.54, 1.807) is 20.2 Å². The van der Waals surface area contributed by atoms with Gasteiger partial charge < -0.3 is 10.6 Å². The third kappa shape index (κ3) is 2.57. The second-order valence-corrected chi connectivity index (χ2v) is 3.58. The number of benzene rings is 1. The van der Waals surface area contributed by atoms with E-state index >= 15 is 0 Å². The first-order valence-electron chi connectivity index (χ1n) is 5.31. The fraction of sp³-hybridized carbons (Fsp3) is 0.182. The van der Waals surface area contributed by atoms with E-state index in [4.69, 9.17) is 10.6 Å². The monoisotopic (exact) mass is 246 g/mol. The predicted molar refractivity (Wildman–Crippen MR) is 69.1 cm³/mol. The Morgan fingerprint density at radius 3 is 2.61 bits per heavy atom. The van der Waals surface area contributed by atoms with Crippen molar-refractivity contribution in [3.8, 4) is 5.75 Å². The van der Waals surface area contributed by atoms with Crippen LogP contribution in [-0.2, 0) is 0 Å². The fourth-order valence-corrected chi connectivity index (χ4v) is 1.30. The number of aryl methyl sites for hydroxylation is 1. The molecule has 1 heterocycles. The number of nitrogens with zero attached hydrogens (tertiary/aromatic N) is 4. The maximum atomic E-state index is 5.66. The minimum Gasteiger partial charge on any atom is -0.497 e. The van der Waals surface area contributed by atoms with Gasteiger partial charge in [0.25, 0.3) is 5.95 Å². The van der Waals surface area contributed by atoms with Gasteiger partial charge in [0.1, 0.15) is 5.75 Å². The molecule has 0 atom stereocenters. The Balaban J connectivity index is 2.00. The lowest BCUT2D eigenvalue weighted by Crippen LogP contribution is -2.13. The number of nitrogen functional groups attached to an aromatic ring is 1. The number of rotatable bonds is 4. The molecule has 1 aromatic heterocycles. The number of aromatic nitrogens is 3. The van der Waals surface area contributed by atoms with Gasteiger partial charge >= 0.3 is 0 Å². The molecule has 94 valence electrons. The Hall–Kier alpha value is -2.57. The summed E-state index contributed by atoms with van der Waals surface area (Å²) in [5, 5.41) is 11.6. The van der Waals surface area contributed by atoms with Crippen LogP contribution in [0.15, 0.2) is 29.4 Å². The number of nitrogens with one attached hydrogen (secondary N) is 1. The molecule has 1 aromatic carbocycles. The molecule has 0 spiro atoms. The predicted octanol–water partition coefficient (Wildman–Crippen LogP) is 0.755. The van der Waals surface area contributed by atoms with Crippen LogP contribution in [0.4, 0.5) is 5.95 Å². The molecular formula is C11H14N6O. The van der Waals surface area contributed by atoms with Gasteiger partial charge in [-0.25, -0.2) is 10.1 Å². The van der Waals surface area contributed by atoms with Crippen molar-refractivity contribution in [2.75, 3.05) is 18.4 Å². The summed E-state index contributed by atoms with van der Waals surface area (Å²) in [6, 6.07) is 7.50. The number of hydrazone groups is 1. The van der Waals surface area contributed by atoms with E-state index in [0.29, 0.717) is 11.8 Å². The molecule has 0 aliphatic carbocycles. The van der Waals surface area contributed by atoms with Crippen LogP contribution in [0, 0.1) is 6.92 Å². The molecule has 2 rings (SSSR count). The lowest BCUT2D eigenvalue weighted by molar-refractivity contribution is 0.415. The maximum absolute atomic E-state index is 5.66. The summed E-state index contributed by atoms with van der Waals surface area (Å²) in [7, 11) is 1.63. The Morgan fingerprint density at radius 1 is 1.33 bits per heavy atom. The summed E-state index contributed by atoms with van der Waals surface area (Å²) in [6.07, 6.45) is 1.66. The Labute approximate surface area is 104 Å². The highest BCUT2D eigenvalue weighted by molar-refractivity contribution is 5.80. The van der Waals surface area contributed by atoms with E-state index < -0.39 is 0 Å². The van der Waals surface area contributed by atoms with Crippen LogP contribution in [0.25, 0.3) is 0 Å². The standard InChI is InChI=1S/C11H14N6O/c1-8-14-16-11(17(8)12)15-13-7-9-3-5-10(18-2)6-4-9/h3-7H,12H2,1-2H3,(H,15,16)/b13-7-. The Morgan fingerprint density at radius 2 is 2.06 bits per heavy atom. The van der Waals surface area contributed by atoms with E-state index in [1.807, 2.05) is 24.3 Å². The zero-order valence-electron chi connectivity index (χ0n) is 10.2. The average molecular weight is 246 g/mol. The SMILES string of the molecule is COc1ccc(/C=N\Nc2nnc(C)n2N)cc1. The largest absolute Gasteiger partial charge is 0.497 e. The second-order valence-electron chi connectivity index (χ2n) is 3.58. The minimum atomic E-state index is 0.386. The van der Waals surface area contributed by atoms with Crippen molar-refractivity contribution in [2.45, 2.75) is 6.92 Å². The minimum absolute atomic E-state index is 0.386. The van der Waals surface area contributed by atoms with Crippen LogP contribution in [0.3, 0.4) is 0 Å². The summed E-state index contributed by atoms with van der Waals surface area (Å²) < 4.78 is 6.39. The molecule has 0 fully saturated rings.